The molecule has 178 valence electrons. The Morgan fingerprint density at radius 3 is 2.24 bits per heavy atom. The van der Waals surface area contributed by atoms with Crippen molar-refractivity contribution in [1.82, 2.24) is 14.7 Å². The Morgan fingerprint density at radius 1 is 0.939 bits per heavy atom. The quantitative estimate of drug-likeness (QED) is 0.678. The van der Waals surface area contributed by atoms with Crippen LogP contribution in [0.3, 0.4) is 0 Å². The average molecular weight is 455 g/mol. The summed E-state index contributed by atoms with van der Waals surface area (Å²) in [7, 11) is 1.71. The molecular weight excluding hydrogens is 420 g/mol. The summed E-state index contributed by atoms with van der Waals surface area (Å²) in [5.41, 5.74) is 0.829. The maximum absolute atomic E-state index is 12.8. The van der Waals surface area contributed by atoms with Crippen molar-refractivity contribution in [3.63, 3.8) is 0 Å². The smallest absolute Gasteiger partial charge is 0.246 e. The number of likely N-dealkylation sites (tertiary alicyclic amines) is 2. The lowest BCUT2D eigenvalue weighted by Crippen LogP contribution is -2.53. The van der Waals surface area contributed by atoms with Gasteiger partial charge in [-0.15, -0.1) is 0 Å². The fraction of sp³-hybridized carbons (Fsp3) is 0.640. The summed E-state index contributed by atoms with van der Waals surface area (Å²) in [6.45, 7) is 3.68. The molecule has 4 fully saturated rings. The van der Waals surface area contributed by atoms with Crippen molar-refractivity contribution < 1.29 is 19.1 Å². The topological polar surface area (TPSA) is 73.4 Å². The number of ether oxygens (including phenoxy) is 1. The Bertz CT molecular complexity index is 892. The Kier molecular flexibility index (Phi) is 6.27. The van der Waals surface area contributed by atoms with E-state index in [1.165, 1.54) is 19.3 Å². The molecule has 3 aliphatic heterocycles. The van der Waals surface area contributed by atoms with Crippen molar-refractivity contribution in [2.24, 2.45) is 5.92 Å². The van der Waals surface area contributed by atoms with E-state index in [2.05, 4.69) is 4.90 Å². The first kappa shape index (κ1) is 22.2. The minimum absolute atomic E-state index is 0.00969. The number of anilines is 1. The van der Waals surface area contributed by atoms with Gasteiger partial charge >= 0.3 is 0 Å². The summed E-state index contributed by atoms with van der Waals surface area (Å²) in [5, 5.41) is 0. The maximum Gasteiger partial charge on any atom is 0.246 e. The Labute approximate surface area is 195 Å². The molecule has 0 bridgehead atoms. The Morgan fingerprint density at radius 2 is 1.67 bits per heavy atom. The van der Waals surface area contributed by atoms with Crippen LogP contribution in [-0.2, 0) is 14.4 Å². The van der Waals surface area contributed by atoms with Crippen LogP contribution in [0.5, 0.6) is 5.75 Å². The predicted octanol–water partition coefficient (Wildman–Crippen LogP) is 1.74. The monoisotopic (exact) mass is 454 g/mol. The third-order valence-electron chi connectivity index (χ3n) is 7.74. The van der Waals surface area contributed by atoms with Crippen LogP contribution in [0.2, 0.25) is 0 Å². The predicted molar refractivity (Wildman–Crippen MR) is 124 cm³/mol. The van der Waals surface area contributed by atoms with Gasteiger partial charge in [-0.2, -0.15) is 0 Å². The lowest BCUT2D eigenvalue weighted by Gasteiger charge is -2.41. The number of nitrogens with zero attached hydrogens (tertiary/aromatic N) is 4. The standard InChI is InChI=1S/C25H34N4O4/c1-26-16-18(15-23(26)30)25(32)28-13-14-29(24(31)17-28)20-5-7-21(8-6-20)33-22-9-11-27(12-10-22)19-3-2-4-19/h5-8,18-19,22H,2-4,9-17H2,1H3. The number of piperazine rings is 1. The lowest BCUT2D eigenvalue weighted by atomic mass is 9.90. The second kappa shape index (κ2) is 9.33. The molecule has 8 heteroatoms. The highest BCUT2D eigenvalue weighted by Gasteiger charge is 2.37. The van der Waals surface area contributed by atoms with Gasteiger partial charge in [-0.3, -0.25) is 14.4 Å². The molecule has 33 heavy (non-hydrogen) atoms. The van der Waals surface area contributed by atoms with E-state index in [-0.39, 0.29) is 42.7 Å². The second-order valence-corrected chi connectivity index (χ2v) is 9.91. The van der Waals surface area contributed by atoms with Crippen LogP contribution in [0.1, 0.15) is 38.5 Å². The summed E-state index contributed by atoms with van der Waals surface area (Å²) in [4.78, 5) is 44.8. The second-order valence-electron chi connectivity index (χ2n) is 9.91. The number of piperidine rings is 1. The molecule has 0 N–H and O–H groups in total. The van der Waals surface area contributed by atoms with Crippen molar-refractivity contribution >= 4 is 23.4 Å². The molecule has 3 amide bonds. The van der Waals surface area contributed by atoms with Gasteiger partial charge in [0.2, 0.25) is 17.7 Å². The molecule has 1 aromatic carbocycles. The zero-order valence-electron chi connectivity index (χ0n) is 19.4. The zero-order valence-corrected chi connectivity index (χ0v) is 19.4. The van der Waals surface area contributed by atoms with Crippen molar-refractivity contribution in [2.75, 3.05) is 51.2 Å². The number of carbonyl (C=O) groups is 3. The third-order valence-corrected chi connectivity index (χ3v) is 7.74. The molecule has 0 aromatic heterocycles. The van der Waals surface area contributed by atoms with Crippen LogP contribution in [0.25, 0.3) is 0 Å². The van der Waals surface area contributed by atoms with Crippen molar-refractivity contribution in [3.8, 4) is 5.75 Å². The van der Waals surface area contributed by atoms with E-state index < -0.39 is 0 Å². The SMILES string of the molecule is CN1CC(C(=O)N2CCN(c3ccc(OC4CCN(C5CCC5)CC4)cc3)C(=O)C2)CC1=O. The van der Waals surface area contributed by atoms with Gasteiger partial charge in [-0.05, 0) is 49.9 Å². The van der Waals surface area contributed by atoms with E-state index in [0.29, 0.717) is 19.6 Å². The molecule has 1 unspecified atom stereocenters. The Hall–Kier alpha value is -2.61. The van der Waals surface area contributed by atoms with E-state index in [1.54, 1.807) is 21.7 Å². The summed E-state index contributed by atoms with van der Waals surface area (Å²) in [5.74, 6) is 0.317. The fourth-order valence-corrected chi connectivity index (χ4v) is 5.43. The highest BCUT2D eigenvalue weighted by Crippen LogP contribution is 2.29. The van der Waals surface area contributed by atoms with Crippen LogP contribution in [0, 0.1) is 5.92 Å². The number of hydrogen-bond acceptors (Lipinski definition) is 5. The van der Waals surface area contributed by atoms with E-state index in [4.69, 9.17) is 4.74 Å². The van der Waals surface area contributed by atoms with Gasteiger partial charge in [0.15, 0.2) is 0 Å². The van der Waals surface area contributed by atoms with Crippen LogP contribution in [0.4, 0.5) is 5.69 Å². The molecule has 8 nitrogen and oxygen atoms in total. The fourth-order valence-electron chi connectivity index (χ4n) is 5.43. The summed E-state index contributed by atoms with van der Waals surface area (Å²) < 4.78 is 6.21. The van der Waals surface area contributed by atoms with Crippen LogP contribution in [-0.4, -0.2) is 90.9 Å². The number of rotatable bonds is 5. The van der Waals surface area contributed by atoms with Crippen molar-refractivity contribution in [3.05, 3.63) is 24.3 Å². The molecular formula is C25H34N4O4. The number of amides is 3. The van der Waals surface area contributed by atoms with Gasteiger partial charge in [0.1, 0.15) is 18.4 Å². The molecule has 0 radical (unpaired) electrons. The van der Waals surface area contributed by atoms with Gasteiger partial charge in [-0.25, -0.2) is 0 Å². The van der Waals surface area contributed by atoms with Crippen LogP contribution < -0.4 is 9.64 Å². The first-order valence-corrected chi connectivity index (χ1v) is 12.3. The molecule has 3 heterocycles. The average Bonchev–Trinajstić information content (AvgIpc) is 3.12. The van der Waals surface area contributed by atoms with E-state index in [1.807, 2.05) is 24.3 Å². The lowest BCUT2D eigenvalue weighted by molar-refractivity contribution is -0.140. The number of carbonyl (C=O) groups excluding carboxylic acids is 3. The van der Waals surface area contributed by atoms with Crippen molar-refractivity contribution in [1.29, 1.82) is 0 Å². The minimum atomic E-state index is -0.334. The van der Waals surface area contributed by atoms with Crippen molar-refractivity contribution in [2.45, 2.75) is 50.7 Å². The molecule has 4 aliphatic rings. The van der Waals surface area contributed by atoms with Gasteiger partial charge < -0.3 is 24.3 Å². The molecule has 1 aromatic rings. The van der Waals surface area contributed by atoms with Gasteiger partial charge in [0, 0.05) is 57.9 Å². The highest BCUT2D eigenvalue weighted by molar-refractivity contribution is 5.99. The zero-order chi connectivity index (χ0) is 22.9. The van der Waals surface area contributed by atoms with E-state index in [0.717, 1.165) is 43.4 Å². The summed E-state index contributed by atoms with van der Waals surface area (Å²) >= 11 is 0. The third kappa shape index (κ3) is 4.71. The summed E-state index contributed by atoms with van der Waals surface area (Å²) in [6.07, 6.45) is 6.71. The minimum Gasteiger partial charge on any atom is -0.490 e. The molecule has 5 rings (SSSR count). The van der Waals surface area contributed by atoms with Gasteiger partial charge in [0.25, 0.3) is 0 Å². The van der Waals surface area contributed by atoms with E-state index in [9.17, 15) is 14.4 Å². The van der Waals surface area contributed by atoms with Crippen LogP contribution in [0.15, 0.2) is 24.3 Å². The van der Waals surface area contributed by atoms with Gasteiger partial charge in [-0.1, -0.05) is 6.42 Å². The maximum atomic E-state index is 12.8. The van der Waals surface area contributed by atoms with E-state index >= 15 is 0 Å². The molecule has 1 saturated carbocycles. The van der Waals surface area contributed by atoms with Crippen LogP contribution >= 0.6 is 0 Å². The number of benzene rings is 1. The molecule has 3 saturated heterocycles. The first-order chi connectivity index (χ1) is 16.0. The molecule has 1 atom stereocenters. The van der Waals surface area contributed by atoms with Gasteiger partial charge in [0.05, 0.1) is 5.92 Å². The first-order valence-electron chi connectivity index (χ1n) is 12.3. The molecule has 0 spiro atoms. The summed E-state index contributed by atoms with van der Waals surface area (Å²) in [6, 6.07) is 8.55. The highest BCUT2D eigenvalue weighted by atomic mass is 16.5. The Balaban J connectivity index is 1.11. The number of hydrogen-bond donors (Lipinski definition) is 0. The molecule has 1 aliphatic carbocycles. The normalized spacial score (nSPS) is 25.5. The largest absolute Gasteiger partial charge is 0.490 e.